The lowest BCUT2D eigenvalue weighted by Crippen LogP contribution is -2.29. The fourth-order valence-corrected chi connectivity index (χ4v) is 4.05. The van der Waals surface area contributed by atoms with E-state index in [1.54, 1.807) is 18.4 Å². The van der Waals surface area contributed by atoms with Crippen LogP contribution in [0.2, 0.25) is 0 Å². The number of methoxy groups -OCH3 is 1. The molecule has 1 amide bonds. The third-order valence-electron chi connectivity index (χ3n) is 4.62. The summed E-state index contributed by atoms with van der Waals surface area (Å²) in [7, 11) is 1.66. The number of hydrogen-bond donors (Lipinski definition) is 1. The number of hydrogen-bond acceptors (Lipinski definition) is 5. The summed E-state index contributed by atoms with van der Waals surface area (Å²) < 4.78 is 5.22. The molecule has 0 radical (unpaired) electrons. The van der Waals surface area contributed by atoms with Crippen LogP contribution >= 0.6 is 11.3 Å². The molecule has 0 bridgehead atoms. The van der Waals surface area contributed by atoms with Gasteiger partial charge in [0.15, 0.2) is 0 Å². The van der Waals surface area contributed by atoms with Gasteiger partial charge in [-0.3, -0.25) is 9.69 Å². The van der Waals surface area contributed by atoms with E-state index in [9.17, 15) is 4.79 Å². The fraction of sp³-hybridized carbons (Fsp3) is 0.500. The summed E-state index contributed by atoms with van der Waals surface area (Å²) >= 11 is 1.66. The second-order valence-electron chi connectivity index (χ2n) is 6.70. The zero-order chi connectivity index (χ0) is 18.2. The molecule has 6 heteroatoms. The highest BCUT2D eigenvalue weighted by Crippen LogP contribution is 2.17. The maximum atomic E-state index is 12.1. The van der Waals surface area contributed by atoms with E-state index in [4.69, 9.17) is 4.74 Å². The van der Waals surface area contributed by atoms with Crippen molar-refractivity contribution in [2.24, 2.45) is 0 Å². The SMILES string of the molecule is COc1cccc(CCNC(=O)Cc2csc(CN3CCCCC3)n2)c1. The Kier molecular flexibility index (Phi) is 7.03. The Balaban J connectivity index is 1.40. The van der Waals surface area contributed by atoms with E-state index in [1.165, 1.54) is 32.4 Å². The number of aromatic nitrogens is 1. The van der Waals surface area contributed by atoms with Crippen molar-refractivity contribution >= 4 is 17.2 Å². The lowest BCUT2D eigenvalue weighted by molar-refractivity contribution is -0.120. The predicted octanol–water partition coefficient (Wildman–Crippen LogP) is 3.04. The van der Waals surface area contributed by atoms with Crippen LogP contribution in [0.5, 0.6) is 5.75 Å². The van der Waals surface area contributed by atoms with Crippen LogP contribution in [0.15, 0.2) is 29.6 Å². The van der Waals surface area contributed by atoms with Gasteiger partial charge in [0.2, 0.25) is 5.91 Å². The van der Waals surface area contributed by atoms with E-state index in [0.717, 1.165) is 35.0 Å². The summed E-state index contributed by atoms with van der Waals surface area (Å²) in [6.07, 6.45) is 5.06. The number of benzene rings is 1. The molecule has 1 aromatic heterocycles. The van der Waals surface area contributed by atoms with E-state index in [0.29, 0.717) is 13.0 Å². The molecular formula is C20H27N3O2S. The standard InChI is InChI=1S/C20H27N3O2S/c1-25-18-7-5-6-16(12-18)8-9-21-19(24)13-17-15-26-20(22-17)14-23-10-3-2-4-11-23/h5-7,12,15H,2-4,8-11,13-14H2,1H3,(H,21,24). The molecule has 0 spiro atoms. The van der Waals surface area contributed by atoms with Crippen LogP contribution in [0.25, 0.3) is 0 Å². The summed E-state index contributed by atoms with van der Waals surface area (Å²) in [5.74, 6) is 0.875. The lowest BCUT2D eigenvalue weighted by atomic mass is 10.1. The van der Waals surface area contributed by atoms with Gasteiger partial charge >= 0.3 is 0 Å². The minimum absolute atomic E-state index is 0.0303. The highest BCUT2D eigenvalue weighted by atomic mass is 32.1. The summed E-state index contributed by atoms with van der Waals surface area (Å²) in [4.78, 5) is 19.2. The number of rotatable bonds is 8. The first-order chi connectivity index (χ1) is 12.7. The Hall–Kier alpha value is -1.92. The van der Waals surface area contributed by atoms with E-state index in [-0.39, 0.29) is 5.91 Å². The first-order valence-electron chi connectivity index (χ1n) is 9.28. The molecule has 0 atom stereocenters. The molecule has 1 fully saturated rings. The predicted molar refractivity (Wildman–Crippen MR) is 105 cm³/mol. The van der Waals surface area contributed by atoms with Crippen LogP contribution in [0, 0.1) is 0 Å². The maximum absolute atomic E-state index is 12.1. The number of ether oxygens (including phenoxy) is 1. The average molecular weight is 374 g/mol. The highest BCUT2D eigenvalue weighted by Gasteiger charge is 2.13. The molecule has 0 aliphatic carbocycles. The molecule has 5 nitrogen and oxygen atoms in total. The van der Waals surface area contributed by atoms with Crippen LogP contribution in [0.3, 0.4) is 0 Å². The van der Waals surface area contributed by atoms with Gasteiger partial charge in [0.25, 0.3) is 0 Å². The second-order valence-corrected chi connectivity index (χ2v) is 7.64. The van der Waals surface area contributed by atoms with Gasteiger partial charge < -0.3 is 10.1 Å². The van der Waals surface area contributed by atoms with Crippen molar-refractivity contribution < 1.29 is 9.53 Å². The van der Waals surface area contributed by atoms with Gasteiger partial charge in [-0.2, -0.15) is 0 Å². The van der Waals surface area contributed by atoms with E-state index in [1.807, 2.05) is 29.6 Å². The number of amides is 1. The Morgan fingerprint density at radius 1 is 1.31 bits per heavy atom. The summed E-state index contributed by atoms with van der Waals surface area (Å²) in [6, 6.07) is 7.93. The van der Waals surface area contributed by atoms with Crippen molar-refractivity contribution in [3.63, 3.8) is 0 Å². The first-order valence-corrected chi connectivity index (χ1v) is 10.2. The van der Waals surface area contributed by atoms with Crippen molar-refractivity contribution in [3.8, 4) is 5.75 Å². The molecule has 0 saturated carbocycles. The third kappa shape index (κ3) is 5.81. The van der Waals surface area contributed by atoms with Crippen LogP contribution in [0.4, 0.5) is 0 Å². The largest absolute Gasteiger partial charge is 0.497 e. The molecule has 1 aliphatic rings. The van der Waals surface area contributed by atoms with Crippen molar-refractivity contribution in [2.75, 3.05) is 26.7 Å². The Morgan fingerprint density at radius 3 is 2.96 bits per heavy atom. The van der Waals surface area contributed by atoms with Crippen LogP contribution < -0.4 is 10.1 Å². The van der Waals surface area contributed by atoms with E-state index < -0.39 is 0 Å². The number of piperidine rings is 1. The monoisotopic (exact) mass is 373 g/mol. The molecule has 2 heterocycles. The van der Waals surface area contributed by atoms with Gasteiger partial charge in [0, 0.05) is 11.9 Å². The number of thiazole rings is 1. The van der Waals surface area contributed by atoms with Crippen molar-refractivity contribution in [1.82, 2.24) is 15.2 Å². The number of nitrogens with zero attached hydrogens (tertiary/aromatic N) is 2. The molecule has 0 unspecified atom stereocenters. The van der Waals surface area contributed by atoms with E-state index in [2.05, 4.69) is 15.2 Å². The Bertz CT molecular complexity index is 711. The zero-order valence-corrected chi connectivity index (χ0v) is 16.2. The average Bonchev–Trinajstić information content (AvgIpc) is 3.09. The minimum atomic E-state index is 0.0303. The van der Waals surface area contributed by atoms with Crippen molar-refractivity contribution in [1.29, 1.82) is 0 Å². The summed E-state index contributed by atoms with van der Waals surface area (Å²) in [5, 5.41) is 6.11. The topological polar surface area (TPSA) is 54.5 Å². The maximum Gasteiger partial charge on any atom is 0.226 e. The van der Waals surface area contributed by atoms with Gasteiger partial charge in [-0.15, -0.1) is 11.3 Å². The molecule has 1 N–H and O–H groups in total. The first kappa shape index (κ1) is 18.9. The van der Waals surface area contributed by atoms with E-state index >= 15 is 0 Å². The van der Waals surface area contributed by atoms with Crippen LogP contribution in [0.1, 0.15) is 35.5 Å². The molecular weight excluding hydrogens is 346 g/mol. The number of nitrogens with one attached hydrogen (secondary N) is 1. The number of carbonyl (C=O) groups excluding carboxylic acids is 1. The van der Waals surface area contributed by atoms with Gasteiger partial charge in [-0.1, -0.05) is 18.6 Å². The molecule has 1 saturated heterocycles. The molecule has 26 heavy (non-hydrogen) atoms. The van der Waals surface area contributed by atoms with Gasteiger partial charge in [0.05, 0.1) is 25.8 Å². The lowest BCUT2D eigenvalue weighted by Gasteiger charge is -2.25. The quantitative estimate of drug-likeness (QED) is 0.773. The second kappa shape index (κ2) is 9.69. The van der Waals surface area contributed by atoms with Gasteiger partial charge in [0.1, 0.15) is 10.8 Å². The molecule has 1 aromatic carbocycles. The normalized spacial score (nSPS) is 15.0. The number of carbonyl (C=O) groups is 1. The van der Waals surface area contributed by atoms with Crippen molar-refractivity contribution in [2.45, 2.75) is 38.6 Å². The zero-order valence-electron chi connectivity index (χ0n) is 15.4. The molecule has 140 valence electrons. The molecule has 1 aliphatic heterocycles. The minimum Gasteiger partial charge on any atom is -0.497 e. The Labute approximate surface area is 159 Å². The van der Waals surface area contributed by atoms with Gasteiger partial charge in [-0.05, 0) is 50.0 Å². The smallest absolute Gasteiger partial charge is 0.226 e. The van der Waals surface area contributed by atoms with Crippen molar-refractivity contribution in [3.05, 3.63) is 45.9 Å². The fourth-order valence-electron chi connectivity index (χ4n) is 3.21. The van der Waals surface area contributed by atoms with Crippen LogP contribution in [-0.4, -0.2) is 42.5 Å². The summed E-state index contributed by atoms with van der Waals surface area (Å²) in [5.41, 5.74) is 2.03. The van der Waals surface area contributed by atoms with Crippen LogP contribution in [-0.2, 0) is 24.2 Å². The molecule has 2 aromatic rings. The third-order valence-corrected chi connectivity index (χ3v) is 5.50. The van der Waals surface area contributed by atoms with Gasteiger partial charge in [-0.25, -0.2) is 4.98 Å². The number of likely N-dealkylation sites (tertiary alicyclic amines) is 1. The summed E-state index contributed by atoms with van der Waals surface area (Å²) in [6.45, 7) is 3.87. The molecule has 3 rings (SSSR count). The highest BCUT2D eigenvalue weighted by molar-refractivity contribution is 7.09. The Morgan fingerprint density at radius 2 is 2.15 bits per heavy atom.